The van der Waals surface area contributed by atoms with E-state index in [1.54, 1.807) is 12.2 Å². The summed E-state index contributed by atoms with van der Waals surface area (Å²) in [5.74, 6) is -0.646. The van der Waals surface area contributed by atoms with Crippen LogP contribution in [0, 0.1) is 0 Å². The maximum Gasteiger partial charge on any atom is 0.308 e. The summed E-state index contributed by atoms with van der Waals surface area (Å²) >= 11 is 0. The number of esters is 2. The number of carbonyl (C=O) groups is 2. The molecule has 0 N–H and O–H groups in total. The van der Waals surface area contributed by atoms with Crippen molar-refractivity contribution in [1.29, 1.82) is 0 Å². The van der Waals surface area contributed by atoms with Gasteiger partial charge in [0.1, 0.15) is 0 Å². The Morgan fingerprint density at radius 1 is 0.667 bits per heavy atom. The Kier molecular flexibility index (Phi) is 6.08. The molecule has 0 fully saturated rings. The van der Waals surface area contributed by atoms with Crippen LogP contribution in [-0.4, -0.2) is 11.9 Å². The molecule has 0 saturated carbocycles. The highest BCUT2D eigenvalue weighted by atomic mass is 16.6. The van der Waals surface area contributed by atoms with Crippen molar-refractivity contribution in [2.24, 2.45) is 0 Å². The molecule has 0 bridgehead atoms. The van der Waals surface area contributed by atoms with Crippen molar-refractivity contribution in [1.82, 2.24) is 0 Å². The molecule has 2 aromatic rings. The van der Waals surface area contributed by atoms with Gasteiger partial charge in [0.2, 0.25) is 0 Å². The molecule has 4 nitrogen and oxygen atoms in total. The third-order valence-corrected chi connectivity index (χ3v) is 2.94. The van der Waals surface area contributed by atoms with E-state index in [-0.39, 0.29) is 11.5 Å². The molecule has 4 heteroatoms. The molecule has 2 aromatic carbocycles. The molecule has 0 amide bonds. The predicted octanol–water partition coefficient (Wildman–Crippen LogP) is 4.19. The van der Waals surface area contributed by atoms with Crippen molar-refractivity contribution < 1.29 is 19.1 Å². The van der Waals surface area contributed by atoms with Gasteiger partial charge in [-0.05, 0) is 23.3 Å². The summed E-state index contributed by atoms with van der Waals surface area (Å²) in [6, 6.07) is 18.7. The van der Waals surface area contributed by atoms with E-state index in [4.69, 9.17) is 9.47 Å². The van der Waals surface area contributed by atoms with Gasteiger partial charge in [-0.2, -0.15) is 0 Å². The van der Waals surface area contributed by atoms with Crippen LogP contribution < -0.4 is 0 Å². The van der Waals surface area contributed by atoms with E-state index in [2.05, 4.69) is 0 Å². The van der Waals surface area contributed by atoms with Crippen LogP contribution in [0.5, 0.6) is 0 Å². The van der Waals surface area contributed by atoms with Crippen molar-refractivity contribution in [3.05, 3.63) is 83.3 Å². The van der Waals surface area contributed by atoms with Crippen LogP contribution in [0.15, 0.2) is 72.2 Å². The van der Waals surface area contributed by atoms with E-state index < -0.39 is 11.9 Å². The molecule has 0 heterocycles. The second-order valence-electron chi connectivity index (χ2n) is 5.03. The summed E-state index contributed by atoms with van der Waals surface area (Å²) < 4.78 is 10.5. The van der Waals surface area contributed by atoms with Crippen LogP contribution in [-0.2, 0) is 19.1 Å². The zero-order valence-corrected chi connectivity index (χ0v) is 13.6. The maximum atomic E-state index is 11.5. The minimum absolute atomic E-state index is 0.174. The fourth-order valence-corrected chi connectivity index (χ4v) is 2.01. The number of hydrogen-bond acceptors (Lipinski definition) is 4. The van der Waals surface area contributed by atoms with E-state index in [1.165, 1.54) is 13.8 Å². The van der Waals surface area contributed by atoms with Crippen LogP contribution in [0.25, 0.3) is 12.2 Å². The third kappa shape index (κ3) is 5.57. The van der Waals surface area contributed by atoms with Crippen LogP contribution in [0.3, 0.4) is 0 Å². The van der Waals surface area contributed by atoms with E-state index in [0.29, 0.717) is 0 Å². The lowest BCUT2D eigenvalue weighted by molar-refractivity contribution is -0.141. The highest BCUT2D eigenvalue weighted by molar-refractivity contribution is 5.75. The Bertz CT molecular complexity index is 691. The summed E-state index contributed by atoms with van der Waals surface area (Å²) in [6.07, 6.45) is 3.30. The lowest BCUT2D eigenvalue weighted by atomic mass is 10.1. The number of carbonyl (C=O) groups excluding carboxylic acids is 2. The highest BCUT2D eigenvalue weighted by Gasteiger charge is 2.14. The minimum atomic E-state index is -0.497. The highest BCUT2D eigenvalue weighted by Crippen LogP contribution is 2.21. The number of hydrogen-bond donors (Lipinski definition) is 0. The molecule has 0 aliphatic rings. The fraction of sp³-hybridized carbons (Fsp3) is 0.100. The van der Waals surface area contributed by atoms with Crippen molar-refractivity contribution in [2.75, 3.05) is 0 Å². The van der Waals surface area contributed by atoms with Gasteiger partial charge in [0.25, 0.3) is 0 Å². The fourth-order valence-electron chi connectivity index (χ4n) is 2.01. The van der Waals surface area contributed by atoms with Gasteiger partial charge >= 0.3 is 11.9 Å². The number of rotatable bonds is 5. The van der Waals surface area contributed by atoms with Crippen LogP contribution in [0.2, 0.25) is 0 Å². The first-order valence-electron chi connectivity index (χ1n) is 7.45. The second kappa shape index (κ2) is 8.48. The molecule has 0 spiro atoms. The zero-order chi connectivity index (χ0) is 17.4. The molecule has 0 aliphatic heterocycles. The van der Waals surface area contributed by atoms with Gasteiger partial charge in [-0.1, -0.05) is 60.7 Å². The summed E-state index contributed by atoms with van der Waals surface area (Å²) in [5.41, 5.74) is 1.64. The van der Waals surface area contributed by atoms with Gasteiger partial charge in [-0.15, -0.1) is 0 Å². The first-order valence-corrected chi connectivity index (χ1v) is 7.45. The molecular weight excluding hydrogens is 304 g/mol. The molecule has 0 aromatic heterocycles. The Balaban J connectivity index is 2.48. The standard InChI is InChI=1S/C20H18O4/c1-15(21)23-19(13-17-9-5-3-6-10-17)20(24-16(2)22)14-18-11-7-4-8-12-18/h3-14H,1-2H3/b19-13-,20-14+. The number of benzene rings is 2. The first-order chi connectivity index (χ1) is 11.5. The topological polar surface area (TPSA) is 52.6 Å². The van der Waals surface area contributed by atoms with Crippen LogP contribution >= 0.6 is 0 Å². The molecule has 2 rings (SSSR count). The molecule has 24 heavy (non-hydrogen) atoms. The Morgan fingerprint density at radius 3 is 1.29 bits per heavy atom. The molecule has 0 atom stereocenters. The molecule has 0 aliphatic carbocycles. The minimum Gasteiger partial charge on any atom is -0.423 e. The van der Waals surface area contributed by atoms with E-state index in [9.17, 15) is 9.59 Å². The van der Waals surface area contributed by atoms with Crippen molar-refractivity contribution in [2.45, 2.75) is 13.8 Å². The lowest BCUT2D eigenvalue weighted by Gasteiger charge is -2.11. The van der Waals surface area contributed by atoms with E-state index in [0.717, 1.165) is 11.1 Å². The van der Waals surface area contributed by atoms with Crippen molar-refractivity contribution >= 4 is 24.1 Å². The lowest BCUT2D eigenvalue weighted by Crippen LogP contribution is -2.07. The van der Waals surface area contributed by atoms with Gasteiger partial charge in [0.15, 0.2) is 11.5 Å². The Hall–Kier alpha value is -3.14. The largest absolute Gasteiger partial charge is 0.423 e. The molecule has 0 radical (unpaired) electrons. The van der Waals surface area contributed by atoms with Crippen molar-refractivity contribution in [3.8, 4) is 0 Å². The summed E-state index contributed by atoms with van der Waals surface area (Å²) in [4.78, 5) is 22.9. The van der Waals surface area contributed by atoms with E-state index >= 15 is 0 Å². The monoisotopic (exact) mass is 322 g/mol. The average molecular weight is 322 g/mol. The van der Waals surface area contributed by atoms with Gasteiger partial charge in [0, 0.05) is 13.8 Å². The normalized spacial score (nSPS) is 11.8. The number of ether oxygens (including phenoxy) is 2. The molecule has 0 unspecified atom stereocenters. The second-order valence-corrected chi connectivity index (χ2v) is 5.03. The molecule has 0 saturated heterocycles. The molecular formula is C20H18O4. The average Bonchev–Trinajstić information content (AvgIpc) is 2.55. The summed E-state index contributed by atoms with van der Waals surface area (Å²) in [7, 11) is 0. The summed E-state index contributed by atoms with van der Waals surface area (Å²) in [5, 5.41) is 0. The maximum absolute atomic E-state index is 11.5. The van der Waals surface area contributed by atoms with Gasteiger partial charge < -0.3 is 9.47 Å². The van der Waals surface area contributed by atoms with Crippen LogP contribution in [0.4, 0.5) is 0 Å². The predicted molar refractivity (Wildman–Crippen MR) is 92.4 cm³/mol. The van der Waals surface area contributed by atoms with Crippen LogP contribution in [0.1, 0.15) is 25.0 Å². The molecule has 122 valence electrons. The Morgan fingerprint density at radius 2 is 1.00 bits per heavy atom. The Labute approximate surface area is 141 Å². The van der Waals surface area contributed by atoms with Gasteiger partial charge in [0.05, 0.1) is 0 Å². The van der Waals surface area contributed by atoms with Crippen molar-refractivity contribution in [3.63, 3.8) is 0 Å². The summed E-state index contributed by atoms with van der Waals surface area (Å²) in [6.45, 7) is 2.60. The smallest absolute Gasteiger partial charge is 0.308 e. The zero-order valence-electron chi connectivity index (χ0n) is 13.6. The van der Waals surface area contributed by atoms with Gasteiger partial charge in [-0.25, -0.2) is 0 Å². The van der Waals surface area contributed by atoms with E-state index in [1.807, 2.05) is 60.7 Å². The first kappa shape index (κ1) is 17.2. The quantitative estimate of drug-likeness (QED) is 0.470. The SMILES string of the molecule is CC(=O)OC(=C\c1ccccc1)/C(=C\c1ccccc1)OC(C)=O. The third-order valence-electron chi connectivity index (χ3n) is 2.94. The van der Waals surface area contributed by atoms with Gasteiger partial charge in [-0.3, -0.25) is 9.59 Å².